The molecule has 5 rings (SSSR count). The largest absolute Gasteiger partial charge is 0.419 e. The van der Waals surface area contributed by atoms with Gasteiger partial charge >= 0.3 is 5.76 Å². The van der Waals surface area contributed by atoms with Gasteiger partial charge in [-0.2, -0.15) is 5.10 Å². The molecule has 1 aliphatic rings. The van der Waals surface area contributed by atoms with Gasteiger partial charge in [0.05, 0.1) is 18.3 Å². The zero-order valence-electron chi connectivity index (χ0n) is 20.2. The monoisotopic (exact) mass is 491 g/mol. The number of oxazole rings is 1. The molecule has 36 heavy (non-hydrogen) atoms. The summed E-state index contributed by atoms with van der Waals surface area (Å²) in [7, 11) is 1.60. The van der Waals surface area contributed by atoms with Crippen molar-refractivity contribution in [2.75, 3.05) is 6.54 Å². The van der Waals surface area contributed by atoms with Crippen molar-refractivity contribution < 1.29 is 18.8 Å². The third-order valence-electron chi connectivity index (χ3n) is 6.18. The fourth-order valence-corrected chi connectivity index (χ4v) is 4.12. The highest BCUT2D eigenvalue weighted by Gasteiger charge is 2.43. The lowest BCUT2D eigenvalue weighted by atomic mass is 9.96. The second-order valence-corrected chi connectivity index (χ2v) is 9.69. The Morgan fingerprint density at radius 2 is 1.92 bits per heavy atom. The number of carbonyl (C=O) groups excluding carboxylic acids is 3. The van der Waals surface area contributed by atoms with Gasteiger partial charge < -0.3 is 20.0 Å². The molecule has 1 aliphatic heterocycles. The van der Waals surface area contributed by atoms with Crippen LogP contribution >= 0.6 is 0 Å². The lowest BCUT2D eigenvalue weighted by Gasteiger charge is -2.47. The number of amides is 3. The molecule has 0 aliphatic carbocycles. The Labute approximate surface area is 204 Å². The van der Waals surface area contributed by atoms with E-state index in [1.54, 1.807) is 36.2 Å². The van der Waals surface area contributed by atoms with E-state index >= 15 is 0 Å². The maximum absolute atomic E-state index is 13.0. The minimum Gasteiger partial charge on any atom is -0.408 e. The van der Waals surface area contributed by atoms with Crippen LogP contribution in [0.3, 0.4) is 0 Å². The quantitative estimate of drug-likeness (QED) is 0.394. The van der Waals surface area contributed by atoms with E-state index in [1.165, 1.54) is 21.3 Å². The minimum absolute atomic E-state index is 0.0289. The summed E-state index contributed by atoms with van der Waals surface area (Å²) < 4.78 is 7.83. The first-order chi connectivity index (χ1) is 17.0. The van der Waals surface area contributed by atoms with E-state index in [-0.39, 0.29) is 29.4 Å². The number of nitrogens with one attached hydrogen (secondary N) is 2. The van der Waals surface area contributed by atoms with Gasteiger partial charge in [-0.15, -0.1) is 0 Å². The highest BCUT2D eigenvalue weighted by atomic mass is 16.4. The first-order valence-electron chi connectivity index (χ1n) is 11.4. The standard InChI is InChI=1S/C24H25N7O5/c1-24(2,3)30-12-15(22(30)34)28-21(33)17-10-14(27-19-7-8-26-31(17)19)20(32)25-11-13-5-6-18-16(9-13)29(4)23(35)36-18/h5-10,15H,11-12H2,1-4H3,(H,25,32)(H,28,33)/t15-/m0/s1. The van der Waals surface area contributed by atoms with Crippen molar-refractivity contribution in [3.63, 3.8) is 0 Å². The Morgan fingerprint density at radius 3 is 2.64 bits per heavy atom. The van der Waals surface area contributed by atoms with Crippen LogP contribution in [-0.2, 0) is 18.4 Å². The van der Waals surface area contributed by atoms with Crippen LogP contribution in [0.25, 0.3) is 16.7 Å². The molecule has 12 nitrogen and oxygen atoms in total. The molecule has 3 aromatic heterocycles. The molecule has 1 saturated heterocycles. The van der Waals surface area contributed by atoms with E-state index in [1.807, 2.05) is 20.8 Å². The summed E-state index contributed by atoms with van der Waals surface area (Å²) in [5.41, 5.74) is 1.93. The van der Waals surface area contributed by atoms with Gasteiger partial charge in [0.15, 0.2) is 11.2 Å². The minimum atomic E-state index is -0.637. The maximum atomic E-state index is 13.0. The summed E-state index contributed by atoms with van der Waals surface area (Å²) in [6.07, 6.45) is 1.47. The highest BCUT2D eigenvalue weighted by molar-refractivity contribution is 6.01. The van der Waals surface area contributed by atoms with Crippen molar-refractivity contribution in [3.05, 3.63) is 64.0 Å². The average Bonchev–Trinajstić information content (AvgIpc) is 3.42. The predicted molar refractivity (Wildman–Crippen MR) is 128 cm³/mol. The number of fused-ring (bicyclic) bond motifs is 2. The van der Waals surface area contributed by atoms with E-state index in [9.17, 15) is 19.2 Å². The topological polar surface area (TPSA) is 144 Å². The average molecular weight is 492 g/mol. The van der Waals surface area contributed by atoms with E-state index in [0.29, 0.717) is 23.3 Å². The number of likely N-dealkylation sites (tertiary alicyclic amines) is 1. The second kappa shape index (κ2) is 8.33. The smallest absolute Gasteiger partial charge is 0.408 e. The number of nitrogens with zero attached hydrogens (tertiary/aromatic N) is 5. The molecular weight excluding hydrogens is 466 g/mol. The SMILES string of the molecule is Cn1c(=O)oc2ccc(CNC(=O)c3cc(C(=O)N[C@H]4CN(C(C)(C)C)C4=O)n4nccc4n3)cc21. The number of hydrogen-bond acceptors (Lipinski definition) is 7. The second-order valence-electron chi connectivity index (χ2n) is 9.69. The summed E-state index contributed by atoms with van der Waals surface area (Å²) >= 11 is 0. The predicted octanol–water partition coefficient (Wildman–Crippen LogP) is 0.843. The third kappa shape index (κ3) is 4.00. The number of β-lactam (4-membered cyclic amide) rings is 1. The molecule has 1 fully saturated rings. The van der Waals surface area contributed by atoms with Crippen LogP contribution in [0.2, 0.25) is 0 Å². The van der Waals surface area contributed by atoms with Gasteiger partial charge in [-0.3, -0.25) is 19.0 Å². The molecule has 0 saturated carbocycles. The summed E-state index contributed by atoms with van der Waals surface area (Å²) in [6, 6.07) is 7.45. The molecule has 3 amide bonds. The van der Waals surface area contributed by atoms with E-state index in [0.717, 1.165) is 5.56 Å². The van der Waals surface area contributed by atoms with E-state index in [2.05, 4.69) is 20.7 Å². The van der Waals surface area contributed by atoms with Gasteiger partial charge in [0.1, 0.15) is 17.4 Å². The maximum Gasteiger partial charge on any atom is 0.419 e. The fraction of sp³-hybridized carbons (Fsp3) is 0.333. The molecule has 12 heteroatoms. The van der Waals surface area contributed by atoms with Gasteiger partial charge in [-0.25, -0.2) is 14.3 Å². The normalized spacial score (nSPS) is 15.8. The van der Waals surface area contributed by atoms with Crippen LogP contribution in [-0.4, -0.2) is 59.9 Å². The van der Waals surface area contributed by atoms with Crippen molar-refractivity contribution >= 4 is 34.5 Å². The summed E-state index contributed by atoms with van der Waals surface area (Å²) in [6.45, 7) is 6.36. The van der Waals surface area contributed by atoms with Crippen molar-refractivity contribution in [2.45, 2.75) is 38.9 Å². The van der Waals surface area contributed by atoms with Gasteiger partial charge in [0.2, 0.25) is 5.91 Å². The Kier molecular flexibility index (Phi) is 5.38. The lowest BCUT2D eigenvalue weighted by molar-refractivity contribution is -0.150. The molecule has 1 aromatic carbocycles. The van der Waals surface area contributed by atoms with Crippen molar-refractivity contribution in [1.82, 2.24) is 34.7 Å². The van der Waals surface area contributed by atoms with Crippen molar-refractivity contribution in [2.24, 2.45) is 7.05 Å². The zero-order chi connectivity index (χ0) is 25.8. The third-order valence-corrected chi connectivity index (χ3v) is 6.18. The summed E-state index contributed by atoms with van der Waals surface area (Å²) in [5.74, 6) is -1.65. The summed E-state index contributed by atoms with van der Waals surface area (Å²) in [5, 5.41) is 9.63. The first kappa shape index (κ1) is 23.3. The van der Waals surface area contributed by atoms with Gasteiger partial charge in [-0.05, 0) is 38.5 Å². The first-order valence-corrected chi connectivity index (χ1v) is 11.4. The Hall–Kier alpha value is -4.48. The number of aryl methyl sites for hydroxylation is 1. The molecule has 0 unspecified atom stereocenters. The fourth-order valence-electron chi connectivity index (χ4n) is 4.12. The molecule has 2 N–H and O–H groups in total. The van der Waals surface area contributed by atoms with Crippen molar-refractivity contribution in [3.8, 4) is 0 Å². The molecule has 4 aromatic rings. The number of benzene rings is 1. The Bertz CT molecular complexity index is 1590. The van der Waals surface area contributed by atoms with Crippen LogP contribution in [0, 0.1) is 0 Å². The molecule has 0 radical (unpaired) electrons. The Balaban J connectivity index is 1.33. The molecule has 4 heterocycles. The number of aromatic nitrogens is 4. The zero-order valence-corrected chi connectivity index (χ0v) is 20.2. The van der Waals surface area contributed by atoms with Crippen LogP contribution in [0.15, 0.2) is 45.7 Å². The molecular formula is C24H25N7O5. The lowest BCUT2D eigenvalue weighted by Crippen LogP contribution is -2.68. The van der Waals surface area contributed by atoms with E-state index in [4.69, 9.17) is 4.42 Å². The van der Waals surface area contributed by atoms with E-state index < -0.39 is 23.6 Å². The van der Waals surface area contributed by atoms with Gasteiger partial charge in [-0.1, -0.05) is 6.07 Å². The van der Waals surface area contributed by atoms with Crippen LogP contribution in [0.4, 0.5) is 0 Å². The number of hydrogen-bond donors (Lipinski definition) is 2. The van der Waals surface area contributed by atoms with Crippen LogP contribution < -0.4 is 16.4 Å². The molecule has 186 valence electrons. The molecule has 0 spiro atoms. The molecule has 1 atom stereocenters. The van der Waals surface area contributed by atoms with Crippen LogP contribution in [0.5, 0.6) is 0 Å². The van der Waals surface area contributed by atoms with Crippen molar-refractivity contribution in [1.29, 1.82) is 0 Å². The van der Waals surface area contributed by atoms with Gasteiger partial charge in [0, 0.05) is 31.3 Å². The Morgan fingerprint density at radius 1 is 1.14 bits per heavy atom. The molecule has 0 bridgehead atoms. The highest BCUT2D eigenvalue weighted by Crippen LogP contribution is 2.23. The van der Waals surface area contributed by atoms with Gasteiger partial charge in [0.25, 0.3) is 11.8 Å². The van der Waals surface area contributed by atoms with Crippen LogP contribution in [0.1, 0.15) is 47.3 Å². The number of carbonyl (C=O) groups is 3. The summed E-state index contributed by atoms with van der Waals surface area (Å²) in [4.78, 5) is 56.1. The number of rotatable bonds is 5.